The van der Waals surface area contributed by atoms with Gasteiger partial charge >= 0.3 is 0 Å². The van der Waals surface area contributed by atoms with Gasteiger partial charge in [-0.25, -0.2) is 4.98 Å². The Balaban J connectivity index is 1.65. The Morgan fingerprint density at radius 2 is 1.93 bits per heavy atom. The monoisotopic (exact) mass is 472 g/mol. The lowest BCUT2D eigenvalue weighted by Crippen LogP contribution is -2.29. The van der Waals surface area contributed by atoms with Crippen molar-refractivity contribution in [2.75, 3.05) is 31.4 Å². The summed E-state index contributed by atoms with van der Waals surface area (Å²) in [5, 5.41) is 1.08. The van der Waals surface area contributed by atoms with E-state index in [0.717, 1.165) is 57.1 Å². The van der Waals surface area contributed by atoms with Gasteiger partial charge in [-0.15, -0.1) is 11.8 Å². The molecule has 2 aliphatic rings. The molecule has 7 heteroatoms. The fourth-order valence-corrected chi connectivity index (χ4v) is 4.82. The molecular formula is C22H25BrN4OS. The zero-order valence-corrected chi connectivity index (χ0v) is 19.2. The van der Waals surface area contributed by atoms with E-state index in [1.54, 1.807) is 18.9 Å². The van der Waals surface area contributed by atoms with Crippen LogP contribution in [-0.2, 0) is 0 Å². The van der Waals surface area contributed by atoms with Gasteiger partial charge in [-0.3, -0.25) is 9.38 Å². The lowest BCUT2D eigenvalue weighted by Gasteiger charge is -2.25. The molecule has 0 N–H and O–H groups in total. The third kappa shape index (κ3) is 3.87. The molecule has 2 saturated carbocycles. The molecule has 0 bridgehead atoms. The summed E-state index contributed by atoms with van der Waals surface area (Å²) in [7, 11) is 1.70. The number of hydrogen-bond acceptors (Lipinski definition) is 5. The van der Waals surface area contributed by atoms with Crippen LogP contribution >= 0.6 is 27.7 Å². The quantitative estimate of drug-likeness (QED) is 0.404. The Hall–Kier alpha value is -1.73. The average molecular weight is 473 g/mol. The van der Waals surface area contributed by atoms with E-state index in [0.29, 0.717) is 0 Å². The number of benzene rings is 1. The zero-order chi connectivity index (χ0) is 20.0. The van der Waals surface area contributed by atoms with Crippen LogP contribution in [0.2, 0.25) is 0 Å². The van der Waals surface area contributed by atoms with Crippen LogP contribution in [0.4, 0.5) is 5.82 Å². The highest BCUT2D eigenvalue weighted by Gasteiger charge is 2.32. The zero-order valence-electron chi connectivity index (χ0n) is 16.8. The molecule has 152 valence electrons. The van der Waals surface area contributed by atoms with Gasteiger partial charge in [0.1, 0.15) is 22.3 Å². The molecule has 0 spiro atoms. The molecule has 0 saturated heterocycles. The van der Waals surface area contributed by atoms with Gasteiger partial charge in [0, 0.05) is 35.5 Å². The van der Waals surface area contributed by atoms with Crippen molar-refractivity contribution < 1.29 is 4.74 Å². The summed E-state index contributed by atoms with van der Waals surface area (Å²) in [6, 6.07) is 6.05. The number of anilines is 1. The Morgan fingerprint density at radius 3 is 2.55 bits per heavy atom. The molecule has 29 heavy (non-hydrogen) atoms. The van der Waals surface area contributed by atoms with Gasteiger partial charge in [0.2, 0.25) is 0 Å². The number of imidazole rings is 1. The van der Waals surface area contributed by atoms with Crippen LogP contribution in [0.1, 0.15) is 25.7 Å². The van der Waals surface area contributed by atoms with Crippen LogP contribution in [0.15, 0.2) is 40.1 Å². The fourth-order valence-electron chi connectivity index (χ4n) is 3.89. The Labute approximate surface area is 184 Å². The highest BCUT2D eigenvalue weighted by Crippen LogP contribution is 2.40. The second kappa shape index (κ2) is 7.84. The number of thioether (sulfide) groups is 1. The molecule has 3 aromatic rings. The van der Waals surface area contributed by atoms with E-state index in [4.69, 9.17) is 14.7 Å². The highest BCUT2D eigenvalue weighted by molar-refractivity contribution is 9.10. The largest absolute Gasteiger partial charge is 0.496 e. The van der Waals surface area contributed by atoms with Crippen molar-refractivity contribution in [2.24, 2.45) is 11.8 Å². The van der Waals surface area contributed by atoms with Gasteiger partial charge < -0.3 is 9.64 Å². The van der Waals surface area contributed by atoms with Crippen LogP contribution in [0.25, 0.3) is 16.9 Å². The second-order valence-corrected chi connectivity index (χ2v) is 9.76. The summed E-state index contributed by atoms with van der Waals surface area (Å²) in [4.78, 5) is 12.3. The lowest BCUT2D eigenvalue weighted by atomic mass is 10.1. The number of aromatic nitrogens is 3. The van der Waals surface area contributed by atoms with Gasteiger partial charge in [-0.2, -0.15) is 0 Å². The molecule has 1 aromatic carbocycles. The molecule has 0 radical (unpaired) electrons. The molecule has 0 amide bonds. The molecule has 0 atom stereocenters. The van der Waals surface area contributed by atoms with E-state index in [1.807, 2.05) is 24.4 Å². The SMILES string of the molecule is COc1cc(Br)ccc1-c1nccn2c(N(CC3CC3)CC3CC3)c(SC)nc12. The Kier molecular flexibility index (Phi) is 5.20. The van der Waals surface area contributed by atoms with Crippen LogP contribution in [0, 0.1) is 11.8 Å². The van der Waals surface area contributed by atoms with Crippen LogP contribution in [-0.4, -0.2) is 40.8 Å². The molecule has 2 aromatic heterocycles. The van der Waals surface area contributed by atoms with Crippen LogP contribution in [0.3, 0.4) is 0 Å². The van der Waals surface area contributed by atoms with Crippen molar-refractivity contribution in [3.05, 3.63) is 35.1 Å². The van der Waals surface area contributed by atoms with Crippen molar-refractivity contribution in [1.82, 2.24) is 14.4 Å². The summed E-state index contributed by atoms with van der Waals surface area (Å²) in [5.74, 6) is 3.69. The Bertz CT molecular complexity index is 1030. The molecule has 0 unspecified atom stereocenters. The number of nitrogens with zero attached hydrogens (tertiary/aromatic N) is 4. The summed E-state index contributed by atoms with van der Waals surface area (Å²) in [5.41, 5.74) is 2.71. The van der Waals surface area contributed by atoms with Crippen LogP contribution in [0.5, 0.6) is 5.75 Å². The smallest absolute Gasteiger partial charge is 0.166 e. The normalized spacial score (nSPS) is 16.4. The van der Waals surface area contributed by atoms with E-state index in [1.165, 1.54) is 31.5 Å². The van der Waals surface area contributed by atoms with Crippen molar-refractivity contribution in [1.29, 1.82) is 0 Å². The van der Waals surface area contributed by atoms with Gasteiger partial charge in [0.25, 0.3) is 0 Å². The maximum atomic E-state index is 5.64. The number of ether oxygens (including phenoxy) is 1. The minimum atomic E-state index is 0.794. The summed E-state index contributed by atoms with van der Waals surface area (Å²) < 4.78 is 8.86. The standard InChI is InChI=1S/C22H25BrN4OS/c1-28-18-11-16(23)7-8-17(18)19-20-25-21(29-2)22(27(20)10-9-24-19)26(12-14-3-4-14)13-15-5-6-15/h7-11,14-15H,3-6,12-13H2,1-2H3. The molecule has 2 heterocycles. The van der Waals surface area contributed by atoms with Gasteiger partial charge in [-0.05, 0) is 62.0 Å². The predicted octanol–water partition coefficient (Wildman–Crippen LogP) is 5.52. The molecule has 0 aliphatic heterocycles. The number of fused-ring (bicyclic) bond motifs is 1. The van der Waals surface area contributed by atoms with Gasteiger partial charge in [-0.1, -0.05) is 15.9 Å². The molecule has 2 fully saturated rings. The lowest BCUT2D eigenvalue weighted by molar-refractivity contribution is 0.416. The minimum Gasteiger partial charge on any atom is -0.496 e. The first-order valence-electron chi connectivity index (χ1n) is 10.2. The van der Waals surface area contributed by atoms with E-state index in [2.05, 4.69) is 37.7 Å². The summed E-state index contributed by atoms with van der Waals surface area (Å²) in [6.07, 6.45) is 11.5. The predicted molar refractivity (Wildman–Crippen MR) is 122 cm³/mol. The number of methoxy groups -OCH3 is 1. The summed E-state index contributed by atoms with van der Waals surface area (Å²) >= 11 is 5.25. The van der Waals surface area contributed by atoms with Crippen molar-refractivity contribution in [3.8, 4) is 17.0 Å². The van der Waals surface area contributed by atoms with Crippen molar-refractivity contribution >= 4 is 39.2 Å². The fraction of sp³-hybridized carbons (Fsp3) is 0.455. The first-order chi connectivity index (χ1) is 14.2. The van der Waals surface area contributed by atoms with Crippen LogP contribution < -0.4 is 9.64 Å². The number of rotatable bonds is 8. The summed E-state index contributed by atoms with van der Waals surface area (Å²) in [6.45, 7) is 2.27. The topological polar surface area (TPSA) is 42.7 Å². The third-order valence-corrected chi connectivity index (χ3v) is 6.90. The maximum absolute atomic E-state index is 5.64. The van der Waals surface area contributed by atoms with E-state index in [-0.39, 0.29) is 0 Å². The van der Waals surface area contributed by atoms with Crippen molar-refractivity contribution in [2.45, 2.75) is 30.7 Å². The maximum Gasteiger partial charge on any atom is 0.166 e. The average Bonchev–Trinajstić information content (AvgIpc) is 3.66. The molecule has 2 aliphatic carbocycles. The third-order valence-electron chi connectivity index (χ3n) is 5.75. The molecular weight excluding hydrogens is 448 g/mol. The van der Waals surface area contributed by atoms with E-state index in [9.17, 15) is 0 Å². The first kappa shape index (κ1) is 19.2. The van der Waals surface area contributed by atoms with E-state index >= 15 is 0 Å². The van der Waals surface area contributed by atoms with Crippen molar-refractivity contribution in [3.63, 3.8) is 0 Å². The van der Waals surface area contributed by atoms with Gasteiger partial charge in [0.15, 0.2) is 5.65 Å². The number of halogens is 1. The first-order valence-corrected chi connectivity index (χ1v) is 12.2. The molecule has 5 rings (SSSR count). The van der Waals surface area contributed by atoms with Gasteiger partial charge in [0.05, 0.1) is 7.11 Å². The highest BCUT2D eigenvalue weighted by atomic mass is 79.9. The molecule has 5 nitrogen and oxygen atoms in total. The number of hydrogen-bond donors (Lipinski definition) is 0. The Morgan fingerprint density at radius 1 is 1.21 bits per heavy atom. The minimum absolute atomic E-state index is 0.794. The van der Waals surface area contributed by atoms with E-state index < -0.39 is 0 Å². The second-order valence-electron chi connectivity index (χ2n) is 8.05.